The van der Waals surface area contributed by atoms with Gasteiger partial charge in [0.1, 0.15) is 17.2 Å². The molecule has 1 fully saturated rings. The highest BCUT2D eigenvalue weighted by atomic mass is 19.1. The van der Waals surface area contributed by atoms with Gasteiger partial charge in [-0.2, -0.15) is 0 Å². The van der Waals surface area contributed by atoms with E-state index in [0.717, 1.165) is 43.6 Å². The first kappa shape index (κ1) is 19.3. The highest BCUT2D eigenvalue weighted by Crippen LogP contribution is 2.48. The quantitative estimate of drug-likeness (QED) is 0.741. The van der Waals surface area contributed by atoms with E-state index in [-0.39, 0.29) is 17.8 Å². The molecule has 0 bridgehead atoms. The average Bonchev–Trinajstić information content (AvgIpc) is 3.16. The Bertz CT molecular complexity index is 1070. The molecule has 2 aromatic rings. The maximum atomic E-state index is 13.9. The number of amides is 1. The van der Waals surface area contributed by atoms with Crippen molar-refractivity contribution in [2.24, 2.45) is 0 Å². The highest BCUT2D eigenvalue weighted by molar-refractivity contribution is 6.36. The summed E-state index contributed by atoms with van der Waals surface area (Å²) < 4.78 is 20.2. The first-order valence-corrected chi connectivity index (χ1v) is 10.4. The van der Waals surface area contributed by atoms with E-state index in [1.54, 1.807) is 6.07 Å². The number of carbonyl (C=O) groups excluding carboxylic acids is 1. The number of piperidine rings is 1. The number of aliphatic hydroxyl groups is 1. The van der Waals surface area contributed by atoms with E-state index in [1.807, 2.05) is 19.9 Å². The van der Waals surface area contributed by atoms with E-state index >= 15 is 0 Å². The maximum Gasteiger partial charge on any atom is 0.260 e. The summed E-state index contributed by atoms with van der Waals surface area (Å²) in [5.41, 5.74) is 4.00. The Labute approximate surface area is 175 Å². The van der Waals surface area contributed by atoms with E-state index in [1.165, 1.54) is 17.7 Å². The second kappa shape index (κ2) is 6.93. The minimum Gasteiger partial charge on any atom is -0.482 e. The Kier molecular flexibility index (Phi) is 4.45. The van der Waals surface area contributed by atoms with Crippen LogP contribution in [-0.2, 0) is 21.7 Å². The molecule has 3 aliphatic heterocycles. The summed E-state index contributed by atoms with van der Waals surface area (Å²) in [5, 5.41) is 12.5. The normalized spacial score (nSPS) is 23.1. The van der Waals surface area contributed by atoms with E-state index in [0.29, 0.717) is 22.6 Å². The van der Waals surface area contributed by atoms with Gasteiger partial charge in [0, 0.05) is 42.0 Å². The van der Waals surface area contributed by atoms with Gasteiger partial charge in [0.05, 0.1) is 11.7 Å². The lowest BCUT2D eigenvalue weighted by Crippen LogP contribution is -2.35. The van der Waals surface area contributed by atoms with E-state index in [9.17, 15) is 14.3 Å². The molecule has 0 radical (unpaired) electrons. The van der Waals surface area contributed by atoms with Gasteiger partial charge in [-0.15, -0.1) is 0 Å². The van der Waals surface area contributed by atoms with E-state index < -0.39 is 5.60 Å². The molecule has 6 heteroatoms. The number of likely N-dealkylation sites (tertiary alicyclic amines) is 1. The minimum absolute atomic E-state index is 0.187. The fourth-order valence-corrected chi connectivity index (χ4v) is 4.64. The first-order valence-electron chi connectivity index (χ1n) is 10.4. The fourth-order valence-electron chi connectivity index (χ4n) is 4.64. The molecule has 0 unspecified atom stereocenters. The van der Waals surface area contributed by atoms with Crippen LogP contribution in [0, 0.1) is 5.82 Å². The van der Waals surface area contributed by atoms with E-state index in [4.69, 9.17) is 4.74 Å². The number of hydrogen-bond donors (Lipinski definition) is 2. The van der Waals surface area contributed by atoms with Gasteiger partial charge in [0.15, 0.2) is 0 Å². The molecule has 5 rings (SSSR count). The van der Waals surface area contributed by atoms with Crippen LogP contribution in [0.1, 0.15) is 48.9 Å². The molecule has 0 aromatic heterocycles. The highest BCUT2D eigenvalue weighted by Gasteiger charge is 2.40. The predicted octanol–water partition coefficient (Wildman–Crippen LogP) is 3.87. The van der Waals surface area contributed by atoms with Crippen molar-refractivity contribution in [3.8, 4) is 0 Å². The Morgan fingerprint density at radius 1 is 1.17 bits per heavy atom. The molecule has 3 aliphatic rings. The van der Waals surface area contributed by atoms with Crippen molar-refractivity contribution in [3.63, 3.8) is 0 Å². The van der Waals surface area contributed by atoms with Gasteiger partial charge in [-0.25, -0.2) is 4.39 Å². The molecule has 5 nitrogen and oxygen atoms in total. The third-order valence-electron chi connectivity index (χ3n) is 6.25. The SMILES string of the molecule is CC1(C)OC(=C2C(=O)Nc3ccc(F)cc32)c2ccc(CN3CCC(O)CC3)cc21. The molecule has 156 valence electrons. The van der Waals surface area contributed by atoms with Gasteiger partial charge in [-0.05, 0) is 56.5 Å². The standard InChI is InChI=1S/C24H25FN2O3/c1-24(2)19-11-14(13-27-9-7-16(28)8-10-27)3-5-17(19)22(30-24)21-18-12-15(25)4-6-20(18)26-23(21)29/h3-6,11-12,16,28H,7-10,13H2,1-2H3,(H,26,29). The number of nitrogens with one attached hydrogen (secondary N) is 1. The zero-order chi connectivity index (χ0) is 21.0. The van der Waals surface area contributed by atoms with Crippen molar-refractivity contribution in [2.75, 3.05) is 18.4 Å². The van der Waals surface area contributed by atoms with Crippen LogP contribution in [0.2, 0.25) is 0 Å². The monoisotopic (exact) mass is 408 g/mol. The number of halogens is 1. The van der Waals surface area contributed by atoms with Gasteiger partial charge in [0.2, 0.25) is 0 Å². The summed E-state index contributed by atoms with van der Waals surface area (Å²) in [6.45, 7) is 6.56. The largest absolute Gasteiger partial charge is 0.482 e. The van der Waals surface area contributed by atoms with E-state index in [2.05, 4.69) is 22.3 Å². The number of fused-ring (bicyclic) bond motifs is 2. The summed E-state index contributed by atoms with van der Waals surface area (Å²) in [6.07, 6.45) is 1.43. The van der Waals surface area contributed by atoms with Crippen LogP contribution in [0.25, 0.3) is 11.3 Å². The summed E-state index contributed by atoms with van der Waals surface area (Å²) >= 11 is 0. The molecule has 30 heavy (non-hydrogen) atoms. The predicted molar refractivity (Wildman–Crippen MR) is 113 cm³/mol. The molecule has 2 N–H and O–H groups in total. The van der Waals surface area contributed by atoms with Gasteiger partial charge in [0.25, 0.3) is 5.91 Å². The lowest BCUT2D eigenvalue weighted by Gasteiger charge is -2.29. The minimum atomic E-state index is -0.595. The smallest absolute Gasteiger partial charge is 0.260 e. The summed E-state index contributed by atoms with van der Waals surface area (Å²) in [5.74, 6) is -0.155. The molecule has 0 saturated carbocycles. The maximum absolute atomic E-state index is 13.9. The molecule has 1 amide bonds. The second-order valence-electron chi connectivity index (χ2n) is 8.85. The molecule has 0 aliphatic carbocycles. The molecule has 0 atom stereocenters. The van der Waals surface area contributed by atoms with Crippen molar-refractivity contribution in [1.82, 2.24) is 4.90 Å². The van der Waals surface area contributed by atoms with Crippen LogP contribution in [0.15, 0.2) is 36.4 Å². The van der Waals surface area contributed by atoms with Crippen molar-refractivity contribution in [3.05, 3.63) is 64.5 Å². The number of rotatable bonds is 2. The summed E-state index contributed by atoms with van der Waals surface area (Å²) in [4.78, 5) is 15.1. The second-order valence-corrected chi connectivity index (χ2v) is 8.85. The van der Waals surface area contributed by atoms with Crippen LogP contribution in [-0.4, -0.2) is 35.1 Å². The third kappa shape index (κ3) is 3.20. The Hall–Kier alpha value is -2.70. The Morgan fingerprint density at radius 2 is 1.93 bits per heavy atom. The lowest BCUT2D eigenvalue weighted by atomic mass is 9.92. The summed E-state index contributed by atoms with van der Waals surface area (Å²) in [6, 6.07) is 10.5. The van der Waals surface area contributed by atoms with Gasteiger partial charge in [-0.3, -0.25) is 9.69 Å². The molecule has 2 aromatic carbocycles. The number of nitrogens with zero attached hydrogens (tertiary/aromatic N) is 1. The van der Waals surface area contributed by atoms with Crippen molar-refractivity contribution in [2.45, 2.75) is 44.9 Å². The molecular formula is C24H25FN2O3. The van der Waals surface area contributed by atoms with Crippen molar-refractivity contribution < 1.29 is 19.0 Å². The van der Waals surface area contributed by atoms with Crippen LogP contribution in [0.3, 0.4) is 0 Å². The average molecular weight is 408 g/mol. The topological polar surface area (TPSA) is 61.8 Å². The van der Waals surface area contributed by atoms with Crippen LogP contribution in [0.5, 0.6) is 0 Å². The number of carbonyl (C=O) groups is 1. The van der Waals surface area contributed by atoms with Gasteiger partial charge >= 0.3 is 0 Å². The number of benzene rings is 2. The number of hydrogen-bond acceptors (Lipinski definition) is 4. The van der Waals surface area contributed by atoms with Crippen molar-refractivity contribution in [1.29, 1.82) is 0 Å². The Morgan fingerprint density at radius 3 is 2.70 bits per heavy atom. The van der Waals surface area contributed by atoms with Crippen molar-refractivity contribution >= 4 is 22.9 Å². The third-order valence-corrected chi connectivity index (χ3v) is 6.25. The van der Waals surface area contributed by atoms with Crippen LogP contribution >= 0.6 is 0 Å². The molecule has 1 saturated heterocycles. The van der Waals surface area contributed by atoms with Crippen LogP contribution in [0.4, 0.5) is 10.1 Å². The molecule has 3 heterocycles. The van der Waals surface area contributed by atoms with Gasteiger partial charge < -0.3 is 15.2 Å². The first-order chi connectivity index (χ1) is 14.3. The van der Waals surface area contributed by atoms with Gasteiger partial charge in [-0.1, -0.05) is 12.1 Å². The lowest BCUT2D eigenvalue weighted by molar-refractivity contribution is -0.110. The molecular weight excluding hydrogens is 383 g/mol. The zero-order valence-electron chi connectivity index (χ0n) is 17.2. The summed E-state index contributed by atoms with van der Waals surface area (Å²) in [7, 11) is 0. The fraction of sp³-hybridized carbons (Fsp3) is 0.375. The molecule has 0 spiro atoms. The Balaban J connectivity index is 1.53. The van der Waals surface area contributed by atoms with Crippen LogP contribution < -0.4 is 5.32 Å². The zero-order valence-corrected chi connectivity index (χ0v) is 17.2. The number of anilines is 1. The number of ether oxygens (including phenoxy) is 1. The number of aliphatic hydroxyl groups excluding tert-OH is 1.